The normalized spacial score (nSPS) is 11.9. The van der Waals surface area contributed by atoms with Crippen molar-refractivity contribution in [3.63, 3.8) is 0 Å². The first-order valence-electron chi connectivity index (χ1n) is 17.2. The average molecular weight is 628 g/mol. The minimum atomic E-state index is -0.117. The first kappa shape index (κ1) is 33.0. The molecule has 0 aliphatic rings. The number of aryl methyl sites for hydroxylation is 4. The third kappa shape index (κ3) is 6.47. The van der Waals surface area contributed by atoms with Crippen LogP contribution in [0.3, 0.4) is 0 Å². The summed E-state index contributed by atoms with van der Waals surface area (Å²) in [6.07, 6.45) is 0. The van der Waals surface area contributed by atoms with Crippen molar-refractivity contribution in [1.82, 2.24) is 0 Å². The molecule has 6 aromatic rings. The lowest BCUT2D eigenvalue weighted by molar-refractivity contribution is 0.626. The van der Waals surface area contributed by atoms with Crippen LogP contribution in [-0.2, 0) is 10.8 Å². The van der Waals surface area contributed by atoms with Crippen molar-refractivity contribution in [1.29, 1.82) is 0 Å². The van der Waals surface area contributed by atoms with E-state index in [4.69, 9.17) is 0 Å². The van der Waals surface area contributed by atoms with E-state index in [1.54, 1.807) is 0 Å². The quantitative estimate of drug-likeness (QED) is 0.162. The van der Waals surface area contributed by atoms with E-state index in [0.717, 1.165) is 11.4 Å². The lowest BCUT2D eigenvalue weighted by Gasteiger charge is -2.30. The molecule has 0 radical (unpaired) electrons. The van der Waals surface area contributed by atoms with Crippen LogP contribution in [0.5, 0.6) is 0 Å². The van der Waals surface area contributed by atoms with Crippen LogP contribution in [0.4, 0.5) is 17.1 Å². The van der Waals surface area contributed by atoms with Gasteiger partial charge in [-0.2, -0.15) is 0 Å². The lowest BCUT2D eigenvalue weighted by atomic mass is 9.74. The Balaban J connectivity index is 1.24. The Kier molecular flexibility index (Phi) is 8.92. The van der Waals surface area contributed by atoms with E-state index >= 15 is 0 Å². The van der Waals surface area contributed by atoms with Crippen molar-refractivity contribution in [2.75, 3.05) is 4.90 Å². The van der Waals surface area contributed by atoms with Crippen LogP contribution in [0.25, 0.3) is 11.1 Å². The zero-order chi connectivity index (χ0) is 34.2. The number of rotatable bonds is 8. The van der Waals surface area contributed by atoms with E-state index in [0.29, 0.717) is 0 Å². The van der Waals surface area contributed by atoms with Gasteiger partial charge in [-0.15, -0.1) is 0 Å². The van der Waals surface area contributed by atoms with E-state index < -0.39 is 0 Å². The summed E-state index contributed by atoms with van der Waals surface area (Å²) in [5.74, 6) is 0. The van der Waals surface area contributed by atoms with E-state index in [1.165, 1.54) is 66.9 Å². The van der Waals surface area contributed by atoms with Gasteiger partial charge in [0, 0.05) is 27.9 Å². The SMILES string of the molecule is Cc1ccc(N(c2ccc(-c3ccc(C(C)(C)c4ccc(C(C)(C)c5ccc(C)cc5)cc4)cc3)cc2)c2cc(C)c(C)c(C)c2)cc1. The minimum Gasteiger partial charge on any atom is -0.310 e. The molecular formula is C47H49N. The number of hydrogen-bond acceptors (Lipinski definition) is 1. The molecule has 0 saturated carbocycles. The summed E-state index contributed by atoms with van der Waals surface area (Å²) in [5, 5.41) is 0. The Morgan fingerprint density at radius 1 is 0.354 bits per heavy atom. The first-order valence-corrected chi connectivity index (χ1v) is 17.2. The van der Waals surface area contributed by atoms with Gasteiger partial charge in [-0.05, 0) is 121 Å². The average Bonchev–Trinajstić information content (AvgIpc) is 3.09. The van der Waals surface area contributed by atoms with Gasteiger partial charge < -0.3 is 4.90 Å². The van der Waals surface area contributed by atoms with Gasteiger partial charge in [0.25, 0.3) is 0 Å². The smallest absolute Gasteiger partial charge is 0.0467 e. The lowest BCUT2D eigenvalue weighted by Crippen LogP contribution is -2.21. The van der Waals surface area contributed by atoms with Gasteiger partial charge in [0.15, 0.2) is 0 Å². The maximum absolute atomic E-state index is 2.36. The molecule has 1 nitrogen and oxygen atoms in total. The van der Waals surface area contributed by atoms with Gasteiger partial charge in [0.05, 0.1) is 0 Å². The molecule has 0 spiro atoms. The van der Waals surface area contributed by atoms with Gasteiger partial charge in [-0.25, -0.2) is 0 Å². The summed E-state index contributed by atoms with van der Waals surface area (Å²) >= 11 is 0. The molecule has 0 aliphatic heterocycles. The maximum atomic E-state index is 2.36. The van der Waals surface area contributed by atoms with Gasteiger partial charge in [-0.3, -0.25) is 0 Å². The molecule has 242 valence electrons. The molecule has 0 saturated heterocycles. The first-order chi connectivity index (χ1) is 22.8. The van der Waals surface area contributed by atoms with Gasteiger partial charge >= 0.3 is 0 Å². The Morgan fingerprint density at radius 3 is 1.04 bits per heavy atom. The summed E-state index contributed by atoms with van der Waals surface area (Å²) in [5.41, 5.74) is 17.6. The van der Waals surface area contributed by atoms with E-state index in [-0.39, 0.29) is 10.8 Å². The van der Waals surface area contributed by atoms with Crippen molar-refractivity contribution in [3.8, 4) is 11.1 Å². The van der Waals surface area contributed by atoms with Gasteiger partial charge in [0.2, 0.25) is 0 Å². The van der Waals surface area contributed by atoms with Crippen LogP contribution in [0.15, 0.2) is 133 Å². The second kappa shape index (κ2) is 13.0. The van der Waals surface area contributed by atoms with E-state index in [9.17, 15) is 0 Å². The topological polar surface area (TPSA) is 3.24 Å². The third-order valence-electron chi connectivity index (χ3n) is 10.6. The third-order valence-corrected chi connectivity index (χ3v) is 10.6. The number of nitrogens with zero attached hydrogens (tertiary/aromatic N) is 1. The number of benzene rings is 6. The number of hydrogen-bond donors (Lipinski definition) is 0. The van der Waals surface area contributed by atoms with Gasteiger partial charge in [0.1, 0.15) is 0 Å². The fraction of sp³-hybridized carbons (Fsp3) is 0.234. The predicted octanol–water partition coefficient (Wildman–Crippen LogP) is 13.0. The minimum absolute atomic E-state index is 0.0528. The standard InChI is InChI=1S/C47H49N/c1-32-10-18-39(19-11-32)46(6,7)41-22-24-42(25-23-41)47(8,9)40-20-14-37(15-21-40)38-16-28-44(29-17-38)48(43-26-12-33(2)13-27-43)45-30-34(3)36(5)35(4)31-45/h10-31H,1-9H3. The second-order valence-corrected chi connectivity index (χ2v) is 14.7. The molecule has 0 aliphatic carbocycles. The van der Waals surface area contributed by atoms with Crippen LogP contribution in [-0.4, -0.2) is 0 Å². The zero-order valence-corrected chi connectivity index (χ0v) is 30.1. The largest absolute Gasteiger partial charge is 0.310 e. The predicted molar refractivity (Wildman–Crippen MR) is 207 cm³/mol. The molecule has 0 amide bonds. The summed E-state index contributed by atoms with van der Waals surface area (Å²) in [6.45, 7) is 20.2. The monoisotopic (exact) mass is 627 g/mol. The highest BCUT2D eigenvalue weighted by molar-refractivity contribution is 5.79. The molecule has 6 rings (SSSR count). The highest BCUT2D eigenvalue weighted by Crippen LogP contribution is 2.39. The fourth-order valence-corrected chi connectivity index (χ4v) is 6.77. The van der Waals surface area contributed by atoms with Crippen LogP contribution in [0.2, 0.25) is 0 Å². The molecule has 1 heteroatoms. The summed E-state index contributed by atoms with van der Waals surface area (Å²) in [4.78, 5) is 2.36. The van der Waals surface area contributed by atoms with Gasteiger partial charge in [-0.1, -0.05) is 136 Å². The summed E-state index contributed by atoms with van der Waals surface area (Å²) in [6, 6.07) is 49.7. The van der Waals surface area contributed by atoms with Crippen LogP contribution in [0, 0.1) is 34.6 Å². The van der Waals surface area contributed by atoms with Crippen LogP contribution >= 0.6 is 0 Å². The molecule has 48 heavy (non-hydrogen) atoms. The molecule has 0 unspecified atom stereocenters. The molecule has 0 aromatic heterocycles. The Hall–Kier alpha value is -4.88. The molecule has 6 aromatic carbocycles. The number of anilines is 3. The van der Waals surface area contributed by atoms with Crippen molar-refractivity contribution >= 4 is 17.1 Å². The molecule has 0 bridgehead atoms. The van der Waals surface area contributed by atoms with E-state index in [1.807, 2.05) is 0 Å². The van der Waals surface area contributed by atoms with Crippen molar-refractivity contribution in [2.24, 2.45) is 0 Å². The molecular weight excluding hydrogens is 579 g/mol. The molecule has 0 atom stereocenters. The Labute approximate surface area is 288 Å². The summed E-state index contributed by atoms with van der Waals surface area (Å²) in [7, 11) is 0. The van der Waals surface area contributed by atoms with Crippen molar-refractivity contribution in [3.05, 3.63) is 184 Å². The van der Waals surface area contributed by atoms with Crippen LogP contribution < -0.4 is 4.90 Å². The second-order valence-electron chi connectivity index (χ2n) is 14.7. The molecule has 0 fully saturated rings. The molecule has 0 N–H and O–H groups in total. The van der Waals surface area contributed by atoms with Crippen molar-refractivity contribution in [2.45, 2.75) is 73.1 Å². The zero-order valence-electron chi connectivity index (χ0n) is 30.1. The Morgan fingerprint density at radius 2 is 0.646 bits per heavy atom. The molecule has 0 heterocycles. The highest BCUT2D eigenvalue weighted by atomic mass is 15.1. The van der Waals surface area contributed by atoms with Crippen molar-refractivity contribution < 1.29 is 0 Å². The fourth-order valence-electron chi connectivity index (χ4n) is 6.77. The van der Waals surface area contributed by atoms with E-state index in [2.05, 4.69) is 201 Å². The highest BCUT2D eigenvalue weighted by Gasteiger charge is 2.26. The van der Waals surface area contributed by atoms with Crippen LogP contribution in [0.1, 0.15) is 77.8 Å². The summed E-state index contributed by atoms with van der Waals surface area (Å²) < 4.78 is 0. The maximum Gasteiger partial charge on any atom is 0.0467 e. The Bertz CT molecular complexity index is 1980.